The van der Waals surface area contributed by atoms with Gasteiger partial charge < -0.3 is 19.9 Å². The second-order valence-corrected chi connectivity index (χ2v) is 5.99. The van der Waals surface area contributed by atoms with Crippen LogP contribution in [0.25, 0.3) is 11.3 Å². The number of carbonyl (C=O) groups excluding carboxylic acids is 1. The van der Waals surface area contributed by atoms with E-state index in [-0.39, 0.29) is 11.3 Å². The number of hydrogen-bond acceptors (Lipinski definition) is 7. The molecule has 1 heterocycles. The molecule has 2 aromatic carbocycles. The number of phenols is 1. The van der Waals surface area contributed by atoms with Gasteiger partial charge in [0.2, 0.25) is 5.95 Å². The average molecular weight is 379 g/mol. The van der Waals surface area contributed by atoms with Crippen LogP contribution in [-0.2, 0) is 4.74 Å². The van der Waals surface area contributed by atoms with Gasteiger partial charge in [-0.15, -0.1) is 0 Å². The van der Waals surface area contributed by atoms with Crippen molar-refractivity contribution < 1.29 is 19.4 Å². The Hall–Kier alpha value is -3.61. The number of phenolic OH excluding ortho intramolecular Hbond substituents is 1. The van der Waals surface area contributed by atoms with Crippen LogP contribution in [0.2, 0.25) is 0 Å². The van der Waals surface area contributed by atoms with Crippen molar-refractivity contribution in [2.75, 3.05) is 19.0 Å². The van der Waals surface area contributed by atoms with Gasteiger partial charge >= 0.3 is 5.97 Å². The summed E-state index contributed by atoms with van der Waals surface area (Å²) in [6.07, 6.45) is 2.33. The van der Waals surface area contributed by atoms with Crippen LogP contribution in [0.5, 0.6) is 11.5 Å². The van der Waals surface area contributed by atoms with Crippen LogP contribution >= 0.6 is 0 Å². The van der Waals surface area contributed by atoms with Crippen molar-refractivity contribution in [1.29, 1.82) is 0 Å². The standard InChI is InChI=1S/C21H21N3O4/c1-3-11-28-20(26)17-8-7-14(12-19(17)25)18-9-10-22-21(24-18)23-15-5-4-6-16(13-15)27-2/h4-10,12-13,25H,3,11H2,1-2H3,(H,22,23,24). The number of nitrogens with one attached hydrogen (secondary N) is 1. The molecule has 0 bridgehead atoms. The smallest absolute Gasteiger partial charge is 0.341 e. The van der Waals surface area contributed by atoms with Gasteiger partial charge in [-0.2, -0.15) is 0 Å². The molecule has 28 heavy (non-hydrogen) atoms. The Morgan fingerprint density at radius 3 is 2.79 bits per heavy atom. The summed E-state index contributed by atoms with van der Waals surface area (Å²) in [5.74, 6) is 0.418. The maximum absolute atomic E-state index is 12.0. The summed E-state index contributed by atoms with van der Waals surface area (Å²) >= 11 is 0. The first-order chi connectivity index (χ1) is 13.6. The maximum atomic E-state index is 12.0. The quantitative estimate of drug-likeness (QED) is 0.595. The third-order valence-corrected chi connectivity index (χ3v) is 3.93. The zero-order valence-corrected chi connectivity index (χ0v) is 15.7. The summed E-state index contributed by atoms with van der Waals surface area (Å²) in [6.45, 7) is 2.22. The molecule has 0 aliphatic carbocycles. The third-order valence-electron chi connectivity index (χ3n) is 3.93. The molecule has 144 valence electrons. The second-order valence-electron chi connectivity index (χ2n) is 5.99. The van der Waals surface area contributed by atoms with Crippen molar-refractivity contribution in [3.63, 3.8) is 0 Å². The average Bonchev–Trinajstić information content (AvgIpc) is 2.72. The lowest BCUT2D eigenvalue weighted by Gasteiger charge is -2.09. The first-order valence-corrected chi connectivity index (χ1v) is 8.85. The van der Waals surface area contributed by atoms with Crippen molar-refractivity contribution in [3.05, 3.63) is 60.3 Å². The molecule has 0 radical (unpaired) electrons. The van der Waals surface area contributed by atoms with E-state index >= 15 is 0 Å². The third kappa shape index (κ3) is 4.56. The van der Waals surface area contributed by atoms with Crippen LogP contribution < -0.4 is 10.1 Å². The molecular formula is C21H21N3O4. The number of anilines is 2. The molecule has 1 aromatic heterocycles. The van der Waals surface area contributed by atoms with Crippen LogP contribution in [0, 0.1) is 0 Å². The summed E-state index contributed by atoms with van der Waals surface area (Å²) in [5, 5.41) is 13.3. The molecule has 0 atom stereocenters. The van der Waals surface area contributed by atoms with E-state index in [1.54, 1.807) is 25.4 Å². The lowest BCUT2D eigenvalue weighted by molar-refractivity contribution is 0.0502. The van der Waals surface area contributed by atoms with Crippen molar-refractivity contribution in [2.24, 2.45) is 0 Å². The molecule has 0 saturated heterocycles. The molecule has 0 fully saturated rings. The van der Waals surface area contributed by atoms with Gasteiger partial charge in [-0.05, 0) is 36.8 Å². The monoisotopic (exact) mass is 379 g/mol. The van der Waals surface area contributed by atoms with E-state index in [0.717, 1.165) is 11.4 Å². The number of nitrogens with zero attached hydrogens (tertiary/aromatic N) is 2. The Balaban J connectivity index is 1.81. The molecule has 0 spiro atoms. The minimum absolute atomic E-state index is 0.126. The van der Waals surface area contributed by atoms with Crippen LogP contribution in [0.4, 0.5) is 11.6 Å². The van der Waals surface area contributed by atoms with Crippen molar-refractivity contribution in [2.45, 2.75) is 13.3 Å². The fraction of sp³-hybridized carbons (Fsp3) is 0.190. The SMILES string of the molecule is CCCOC(=O)c1ccc(-c2ccnc(Nc3cccc(OC)c3)n2)cc1O. The van der Waals surface area contributed by atoms with Gasteiger partial charge in [-0.25, -0.2) is 14.8 Å². The van der Waals surface area contributed by atoms with E-state index in [4.69, 9.17) is 9.47 Å². The molecule has 3 rings (SSSR count). The summed E-state index contributed by atoms with van der Waals surface area (Å²) in [5.41, 5.74) is 2.17. The topological polar surface area (TPSA) is 93.6 Å². The van der Waals surface area contributed by atoms with Crippen LogP contribution in [0.3, 0.4) is 0 Å². The molecule has 0 unspecified atom stereocenters. The molecule has 3 aromatic rings. The summed E-state index contributed by atoms with van der Waals surface area (Å²) in [7, 11) is 1.60. The number of carbonyl (C=O) groups is 1. The van der Waals surface area contributed by atoms with Gasteiger partial charge in [-0.1, -0.05) is 19.1 Å². The zero-order chi connectivity index (χ0) is 19.9. The molecule has 7 heteroatoms. The Bertz CT molecular complexity index is 975. The van der Waals surface area contributed by atoms with Gasteiger partial charge in [0.15, 0.2) is 0 Å². The Kier molecular flexibility index (Phi) is 6.06. The first-order valence-electron chi connectivity index (χ1n) is 8.85. The highest BCUT2D eigenvalue weighted by Crippen LogP contribution is 2.27. The summed E-state index contributed by atoms with van der Waals surface area (Å²) in [4.78, 5) is 20.6. The molecular weight excluding hydrogens is 358 g/mol. The predicted molar refractivity (Wildman–Crippen MR) is 106 cm³/mol. The van der Waals surface area contributed by atoms with Gasteiger partial charge in [0.25, 0.3) is 0 Å². The number of esters is 1. The fourth-order valence-corrected chi connectivity index (χ4v) is 2.55. The highest BCUT2D eigenvalue weighted by Gasteiger charge is 2.14. The van der Waals surface area contributed by atoms with E-state index < -0.39 is 5.97 Å². The summed E-state index contributed by atoms with van der Waals surface area (Å²) in [6, 6.07) is 13.9. The van der Waals surface area contributed by atoms with E-state index in [1.807, 2.05) is 31.2 Å². The van der Waals surface area contributed by atoms with Crippen LogP contribution in [0.15, 0.2) is 54.7 Å². The summed E-state index contributed by atoms with van der Waals surface area (Å²) < 4.78 is 10.3. The molecule has 0 aliphatic heterocycles. The fourth-order valence-electron chi connectivity index (χ4n) is 2.55. The van der Waals surface area contributed by atoms with Crippen molar-refractivity contribution in [1.82, 2.24) is 9.97 Å². The number of rotatable bonds is 7. The van der Waals surface area contributed by atoms with Gasteiger partial charge in [-0.3, -0.25) is 0 Å². The molecule has 7 nitrogen and oxygen atoms in total. The number of methoxy groups -OCH3 is 1. The zero-order valence-electron chi connectivity index (χ0n) is 15.7. The molecule has 0 aliphatic rings. The van der Waals surface area contributed by atoms with Gasteiger partial charge in [0.05, 0.1) is 19.4 Å². The Labute approximate surface area is 163 Å². The predicted octanol–water partition coefficient (Wildman–Crippen LogP) is 4.17. The minimum atomic E-state index is -0.547. The lowest BCUT2D eigenvalue weighted by Crippen LogP contribution is -2.06. The molecule has 2 N–H and O–H groups in total. The van der Waals surface area contributed by atoms with Gasteiger partial charge in [0, 0.05) is 23.5 Å². The van der Waals surface area contributed by atoms with Crippen molar-refractivity contribution >= 4 is 17.6 Å². The maximum Gasteiger partial charge on any atom is 0.341 e. The number of ether oxygens (including phenoxy) is 2. The molecule has 0 saturated carbocycles. The number of hydrogen-bond donors (Lipinski definition) is 2. The van der Waals surface area contributed by atoms with Crippen molar-refractivity contribution in [3.8, 4) is 22.8 Å². The van der Waals surface area contributed by atoms with E-state index in [0.29, 0.717) is 30.2 Å². The van der Waals surface area contributed by atoms with E-state index in [9.17, 15) is 9.90 Å². The normalized spacial score (nSPS) is 10.4. The van der Waals surface area contributed by atoms with Crippen LogP contribution in [-0.4, -0.2) is 34.8 Å². The lowest BCUT2D eigenvalue weighted by atomic mass is 10.1. The Morgan fingerprint density at radius 2 is 2.04 bits per heavy atom. The van der Waals surface area contributed by atoms with Gasteiger partial charge in [0.1, 0.15) is 17.1 Å². The number of benzene rings is 2. The number of aromatic hydroxyl groups is 1. The second kappa shape index (κ2) is 8.85. The highest BCUT2D eigenvalue weighted by atomic mass is 16.5. The first kappa shape index (κ1) is 19.2. The highest BCUT2D eigenvalue weighted by molar-refractivity contribution is 5.93. The van der Waals surface area contributed by atoms with E-state index in [2.05, 4.69) is 15.3 Å². The molecule has 0 amide bonds. The number of aromatic nitrogens is 2. The largest absolute Gasteiger partial charge is 0.507 e. The Morgan fingerprint density at radius 1 is 1.18 bits per heavy atom. The van der Waals surface area contributed by atoms with Crippen LogP contribution in [0.1, 0.15) is 23.7 Å². The van der Waals surface area contributed by atoms with E-state index in [1.165, 1.54) is 12.1 Å². The minimum Gasteiger partial charge on any atom is -0.507 e.